The number of hydrogen-bond acceptors (Lipinski definition) is 8. The van der Waals surface area contributed by atoms with E-state index in [0.717, 1.165) is 73.2 Å². The Morgan fingerprint density at radius 3 is 2.90 bits per heavy atom. The van der Waals surface area contributed by atoms with Crippen molar-refractivity contribution in [3.63, 3.8) is 0 Å². The predicted molar refractivity (Wildman–Crippen MR) is 121 cm³/mol. The van der Waals surface area contributed by atoms with Gasteiger partial charge in [0.05, 0.1) is 23.4 Å². The fraction of sp³-hybridized carbons (Fsp3) is 0.435. The first-order chi connectivity index (χ1) is 15.2. The minimum atomic E-state index is -0.0857. The SMILES string of the molecule is CN(Cc1cccc(-c2nc(N3CCOCC3)c3sccc3n2)c1)CC1CCC(=O)O1. The molecular formula is C23H26N4O3S. The summed E-state index contributed by atoms with van der Waals surface area (Å²) in [5.74, 6) is 1.67. The number of thiophene rings is 1. The second kappa shape index (κ2) is 8.90. The fourth-order valence-corrected chi connectivity index (χ4v) is 5.06. The van der Waals surface area contributed by atoms with Crippen molar-refractivity contribution in [1.29, 1.82) is 0 Å². The number of likely N-dealkylation sites (N-methyl/N-ethyl adjacent to an activating group) is 1. The molecule has 4 heterocycles. The molecule has 2 saturated heterocycles. The molecule has 0 saturated carbocycles. The number of cyclic esters (lactones) is 1. The van der Waals surface area contributed by atoms with Gasteiger partial charge in [-0.25, -0.2) is 9.97 Å². The van der Waals surface area contributed by atoms with Gasteiger partial charge in [0.2, 0.25) is 0 Å². The number of esters is 1. The topological polar surface area (TPSA) is 67.8 Å². The highest BCUT2D eigenvalue weighted by atomic mass is 32.1. The molecule has 2 fully saturated rings. The maximum Gasteiger partial charge on any atom is 0.306 e. The van der Waals surface area contributed by atoms with E-state index >= 15 is 0 Å². The number of anilines is 1. The third-order valence-corrected chi connectivity index (χ3v) is 6.62. The third kappa shape index (κ3) is 4.56. The van der Waals surface area contributed by atoms with Gasteiger partial charge in [-0.3, -0.25) is 9.69 Å². The van der Waals surface area contributed by atoms with E-state index in [9.17, 15) is 4.79 Å². The Kier molecular flexibility index (Phi) is 5.85. The number of aromatic nitrogens is 2. The number of benzene rings is 1. The zero-order valence-electron chi connectivity index (χ0n) is 17.6. The van der Waals surface area contributed by atoms with Crippen LogP contribution in [0.3, 0.4) is 0 Å². The molecule has 0 amide bonds. The molecule has 1 aromatic carbocycles. The first kappa shape index (κ1) is 20.4. The molecule has 0 radical (unpaired) electrons. The van der Waals surface area contributed by atoms with Crippen molar-refractivity contribution in [2.45, 2.75) is 25.5 Å². The van der Waals surface area contributed by atoms with Crippen LogP contribution in [0, 0.1) is 0 Å². The molecule has 1 unspecified atom stereocenters. The van der Waals surface area contributed by atoms with Gasteiger partial charge in [0.25, 0.3) is 0 Å². The van der Waals surface area contributed by atoms with Crippen LogP contribution in [0.1, 0.15) is 18.4 Å². The Morgan fingerprint density at radius 2 is 2.10 bits per heavy atom. The van der Waals surface area contributed by atoms with Crippen molar-refractivity contribution in [3.8, 4) is 11.4 Å². The summed E-state index contributed by atoms with van der Waals surface area (Å²) in [5.41, 5.74) is 3.19. The lowest BCUT2D eigenvalue weighted by atomic mass is 10.1. The zero-order chi connectivity index (χ0) is 21.2. The van der Waals surface area contributed by atoms with Crippen molar-refractivity contribution in [1.82, 2.24) is 14.9 Å². The van der Waals surface area contributed by atoms with Crippen molar-refractivity contribution < 1.29 is 14.3 Å². The lowest BCUT2D eigenvalue weighted by Crippen LogP contribution is -2.36. The van der Waals surface area contributed by atoms with Crippen LogP contribution >= 0.6 is 11.3 Å². The Balaban J connectivity index is 1.38. The summed E-state index contributed by atoms with van der Waals surface area (Å²) >= 11 is 1.69. The largest absolute Gasteiger partial charge is 0.461 e. The van der Waals surface area contributed by atoms with E-state index in [4.69, 9.17) is 19.4 Å². The number of carbonyl (C=O) groups excluding carboxylic acids is 1. The van der Waals surface area contributed by atoms with Crippen LogP contribution in [0.15, 0.2) is 35.7 Å². The highest BCUT2D eigenvalue weighted by molar-refractivity contribution is 7.17. The van der Waals surface area contributed by atoms with E-state index in [1.165, 1.54) is 5.56 Å². The quantitative estimate of drug-likeness (QED) is 0.547. The lowest BCUT2D eigenvalue weighted by Gasteiger charge is -2.28. The molecule has 5 rings (SSSR count). The average Bonchev–Trinajstić information content (AvgIpc) is 3.42. The fourth-order valence-electron chi connectivity index (χ4n) is 4.21. The number of hydrogen-bond donors (Lipinski definition) is 0. The van der Waals surface area contributed by atoms with Gasteiger partial charge < -0.3 is 14.4 Å². The molecule has 2 aliphatic rings. The van der Waals surface area contributed by atoms with Gasteiger partial charge in [-0.2, -0.15) is 0 Å². The number of rotatable bonds is 6. The van der Waals surface area contributed by atoms with Crippen molar-refractivity contribution in [2.24, 2.45) is 0 Å². The van der Waals surface area contributed by atoms with Crippen molar-refractivity contribution in [2.75, 3.05) is 44.8 Å². The molecule has 31 heavy (non-hydrogen) atoms. The molecule has 2 aromatic heterocycles. The normalized spacial score (nSPS) is 19.4. The smallest absolute Gasteiger partial charge is 0.306 e. The highest BCUT2D eigenvalue weighted by Gasteiger charge is 2.24. The molecule has 3 aromatic rings. The molecule has 8 heteroatoms. The minimum absolute atomic E-state index is 0.00101. The summed E-state index contributed by atoms with van der Waals surface area (Å²) in [4.78, 5) is 25.7. The molecule has 7 nitrogen and oxygen atoms in total. The van der Waals surface area contributed by atoms with Gasteiger partial charge >= 0.3 is 5.97 Å². The third-order valence-electron chi connectivity index (χ3n) is 5.72. The second-order valence-electron chi connectivity index (χ2n) is 8.15. The monoisotopic (exact) mass is 438 g/mol. The Bertz CT molecular complexity index is 1080. The summed E-state index contributed by atoms with van der Waals surface area (Å²) in [6.07, 6.45) is 1.34. The molecule has 0 spiro atoms. The van der Waals surface area contributed by atoms with Crippen LogP contribution in [0.5, 0.6) is 0 Å². The van der Waals surface area contributed by atoms with E-state index < -0.39 is 0 Å². The van der Waals surface area contributed by atoms with Gasteiger partial charge in [-0.1, -0.05) is 18.2 Å². The van der Waals surface area contributed by atoms with Crippen LogP contribution in [-0.4, -0.2) is 66.8 Å². The highest BCUT2D eigenvalue weighted by Crippen LogP contribution is 2.32. The lowest BCUT2D eigenvalue weighted by molar-refractivity contribution is -0.141. The van der Waals surface area contributed by atoms with Gasteiger partial charge in [-0.15, -0.1) is 11.3 Å². The number of fused-ring (bicyclic) bond motifs is 1. The van der Waals surface area contributed by atoms with Gasteiger partial charge in [0, 0.05) is 38.2 Å². The molecule has 0 aliphatic carbocycles. The number of nitrogens with zero attached hydrogens (tertiary/aromatic N) is 4. The first-order valence-corrected chi connectivity index (χ1v) is 11.6. The second-order valence-corrected chi connectivity index (χ2v) is 9.07. The summed E-state index contributed by atoms with van der Waals surface area (Å²) < 4.78 is 12.0. The summed E-state index contributed by atoms with van der Waals surface area (Å²) in [6, 6.07) is 10.5. The minimum Gasteiger partial charge on any atom is -0.461 e. The zero-order valence-corrected chi connectivity index (χ0v) is 18.4. The maximum atomic E-state index is 11.3. The van der Waals surface area contributed by atoms with Crippen LogP contribution in [-0.2, 0) is 20.8 Å². The molecule has 0 N–H and O–H groups in total. The van der Waals surface area contributed by atoms with E-state index in [1.807, 2.05) is 0 Å². The van der Waals surface area contributed by atoms with Crippen LogP contribution in [0.2, 0.25) is 0 Å². The first-order valence-electron chi connectivity index (χ1n) is 10.7. The Morgan fingerprint density at radius 1 is 1.23 bits per heavy atom. The number of morpholine rings is 1. The molecule has 1 atom stereocenters. The summed E-state index contributed by atoms with van der Waals surface area (Å²) in [7, 11) is 2.06. The average molecular weight is 439 g/mol. The number of carbonyl (C=O) groups is 1. The Labute approximate surface area is 185 Å². The maximum absolute atomic E-state index is 11.3. The standard InChI is InChI=1S/C23H26N4O3S/c1-26(15-18-5-6-20(28)30-18)14-16-3-2-4-17(13-16)22-24-19-7-12-31-21(19)23(25-22)27-8-10-29-11-9-27/h2-4,7,12-13,18H,5-6,8-11,14-15H2,1H3. The molecule has 2 aliphatic heterocycles. The van der Waals surface area contributed by atoms with Crippen LogP contribution in [0.25, 0.3) is 21.6 Å². The molecule has 162 valence electrons. The molecule has 0 bridgehead atoms. The van der Waals surface area contributed by atoms with Crippen LogP contribution < -0.4 is 4.90 Å². The van der Waals surface area contributed by atoms with Crippen LogP contribution in [0.4, 0.5) is 5.82 Å². The molecular weight excluding hydrogens is 412 g/mol. The van der Waals surface area contributed by atoms with Gasteiger partial charge in [0.15, 0.2) is 11.6 Å². The van der Waals surface area contributed by atoms with E-state index in [2.05, 4.69) is 52.6 Å². The predicted octanol–water partition coefficient (Wildman–Crippen LogP) is 3.33. The summed E-state index contributed by atoms with van der Waals surface area (Å²) in [6.45, 7) is 4.67. The Hall–Kier alpha value is -2.55. The van der Waals surface area contributed by atoms with E-state index in [-0.39, 0.29) is 12.1 Å². The van der Waals surface area contributed by atoms with Crippen molar-refractivity contribution >= 4 is 33.3 Å². The van der Waals surface area contributed by atoms with Crippen molar-refractivity contribution in [3.05, 3.63) is 41.3 Å². The summed E-state index contributed by atoms with van der Waals surface area (Å²) in [5, 5.41) is 2.08. The van der Waals surface area contributed by atoms with E-state index in [0.29, 0.717) is 6.42 Å². The van der Waals surface area contributed by atoms with E-state index in [1.54, 1.807) is 11.3 Å². The van der Waals surface area contributed by atoms with Gasteiger partial charge in [0.1, 0.15) is 6.10 Å². The van der Waals surface area contributed by atoms with Gasteiger partial charge in [-0.05, 0) is 36.5 Å². The number of ether oxygens (including phenoxy) is 2.